The third kappa shape index (κ3) is 4.82. The highest BCUT2D eigenvalue weighted by molar-refractivity contribution is 5.74. The van der Waals surface area contributed by atoms with Gasteiger partial charge < -0.3 is 15.1 Å². The van der Waals surface area contributed by atoms with Crippen molar-refractivity contribution in [2.75, 3.05) is 27.2 Å². The molecule has 0 radical (unpaired) electrons. The summed E-state index contributed by atoms with van der Waals surface area (Å²) in [5.41, 5.74) is 2.31. The molecule has 1 aliphatic heterocycles. The van der Waals surface area contributed by atoms with Gasteiger partial charge >= 0.3 is 6.03 Å². The van der Waals surface area contributed by atoms with Gasteiger partial charge in [0.25, 0.3) is 0 Å². The SMILES string of the molecule is CN(C)[C@@H]1CCCN(C(=O)NCc2ccc(Cn3cccn3)cc2)C1. The second kappa shape index (κ2) is 8.16. The molecule has 2 aromatic rings. The highest BCUT2D eigenvalue weighted by Crippen LogP contribution is 2.14. The Balaban J connectivity index is 1.48. The third-order valence-corrected chi connectivity index (χ3v) is 4.78. The van der Waals surface area contributed by atoms with E-state index in [4.69, 9.17) is 0 Å². The zero-order valence-corrected chi connectivity index (χ0v) is 15.1. The first-order valence-electron chi connectivity index (χ1n) is 8.86. The number of nitrogens with zero attached hydrogens (tertiary/aromatic N) is 4. The summed E-state index contributed by atoms with van der Waals surface area (Å²) in [7, 11) is 4.16. The van der Waals surface area contributed by atoms with Gasteiger partial charge in [0.05, 0.1) is 6.54 Å². The normalized spacial score (nSPS) is 17.7. The highest BCUT2D eigenvalue weighted by atomic mass is 16.2. The van der Waals surface area contributed by atoms with Crippen LogP contribution in [0.3, 0.4) is 0 Å². The third-order valence-electron chi connectivity index (χ3n) is 4.78. The van der Waals surface area contributed by atoms with Crippen molar-refractivity contribution in [3.63, 3.8) is 0 Å². The quantitative estimate of drug-likeness (QED) is 0.907. The maximum atomic E-state index is 12.4. The molecule has 6 nitrogen and oxygen atoms in total. The van der Waals surface area contributed by atoms with Gasteiger partial charge in [-0.1, -0.05) is 24.3 Å². The molecule has 1 N–H and O–H groups in total. The molecule has 2 heterocycles. The number of aromatic nitrogens is 2. The van der Waals surface area contributed by atoms with Crippen molar-refractivity contribution in [1.82, 2.24) is 24.9 Å². The van der Waals surface area contributed by atoms with Gasteiger partial charge in [0.15, 0.2) is 0 Å². The number of benzene rings is 1. The summed E-state index contributed by atoms with van der Waals surface area (Å²) in [6.07, 6.45) is 5.96. The first kappa shape index (κ1) is 17.5. The van der Waals surface area contributed by atoms with Crippen molar-refractivity contribution in [3.8, 4) is 0 Å². The Morgan fingerprint density at radius 1 is 1.28 bits per heavy atom. The van der Waals surface area contributed by atoms with E-state index in [0.29, 0.717) is 12.6 Å². The van der Waals surface area contributed by atoms with Crippen LogP contribution in [-0.4, -0.2) is 58.8 Å². The van der Waals surface area contributed by atoms with Crippen LogP contribution in [0.1, 0.15) is 24.0 Å². The van der Waals surface area contributed by atoms with E-state index in [1.54, 1.807) is 6.20 Å². The minimum atomic E-state index is 0.0344. The van der Waals surface area contributed by atoms with Crippen molar-refractivity contribution in [1.29, 1.82) is 0 Å². The molecule has 0 aliphatic carbocycles. The molecule has 1 aliphatic rings. The van der Waals surface area contributed by atoms with Crippen LogP contribution in [0.5, 0.6) is 0 Å². The molecule has 0 unspecified atom stereocenters. The molecule has 25 heavy (non-hydrogen) atoms. The van der Waals surface area contributed by atoms with Gasteiger partial charge in [-0.3, -0.25) is 4.68 Å². The lowest BCUT2D eigenvalue weighted by atomic mass is 10.1. The standard InChI is InChI=1S/C19H27N5O/c1-22(2)18-5-3-11-23(15-18)19(25)20-13-16-6-8-17(9-7-16)14-24-12-4-10-21-24/h4,6-10,12,18H,3,5,11,13-15H2,1-2H3,(H,20,25)/t18-/m1/s1. The fourth-order valence-corrected chi connectivity index (χ4v) is 3.19. The summed E-state index contributed by atoms with van der Waals surface area (Å²) in [5.74, 6) is 0. The van der Waals surface area contributed by atoms with Gasteiger partial charge in [0.2, 0.25) is 0 Å². The van der Waals surface area contributed by atoms with Crippen LogP contribution >= 0.6 is 0 Å². The number of urea groups is 1. The van der Waals surface area contributed by atoms with Gasteiger partial charge in [-0.2, -0.15) is 5.10 Å². The van der Waals surface area contributed by atoms with E-state index in [2.05, 4.69) is 53.7 Å². The number of hydrogen-bond acceptors (Lipinski definition) is 3. The fraction of sp³-hybridized carbons (Fsp3) is 0.474. The summed E-state index contributed by atoms with van der Waals surface area (Å²) in [6, 6.07) is 10.7. The Morgan fingerprint density at radius 3 is 2.72 bits per heavy atom. The van der Waals surface area contributed by atoms with Crippen LogP contribution in [0.2, 0.25) is 0 Å². The van der Waals surface area contributed by atoms with Crippen molar-refractivity contribution >= 4 is 6.03 Å². The number of carbonyl (C=O) groups excluding carboxylic acids is 1. The molecule has 0 bridgehead atoms. The van der Waals surface area contributed by atoms with Crippen LogP contribution in [0.4, 0.5) is 4.79 Å². The van der Waals surface area contributed by atoms with Gasteiger partial charge in [-0.15, -0.1) is 0 Å². The Kier molecular flexibility index (Phi) is 5.71. The molecular weight excluding hydrogens is 314 g/mol. The predicted molar refractivity (Wildman–Crippen MR) is 98.3 cm³/mol. The van der Waals surface area contributed by atoms with E-state index in [9.17, 15) is 4.79 Å². The largest absolute Gasteiger partial charge is 0.334 e. The average Bonchev–Trinajstić information content (AvgIpc) is 3.14. The summed E-state index contributed by atoms with van der Waals surface area (Å²) >= 11 is 0. The van der Waals surface area contributed by atoms with E-state index in [0.717, 1.165) is 38.0 Å². The maximum absolute atomic E-state index is 12.4. The second-order valence-electron chi connectivity index (χ2n) is 6.88. The molecule has 1 fully saturated rings. The Hall–Kier alpha value is -2.34. The first-order valence-corrected chi connectivity index (χ1v) is 8.86. The van der Waals surface area contributed by atoms with Crippen molar-refractivity contribution in [2.24, 2.45) is 0 Å². The molecule has 0 saturated carbocycles. The molecule has 1 saturated heterocycles. The molecule has 1 aromatic carbocycles. The molecule has 134 valence electrons. The van der Waals surface area contributed by atoms with Crippen molar-refractivity contribution in [2.45, 2.75) is 32.0 Å². The van der Waals surface area contributed by atoms with Crippen molar-refractivity contribution in [3.05, 3.63) is 53.9 Å². The smallest absolute Gasteiger partial charge is 0.317 e. The lowest BCUT2D eigenvalue weighted by Crippen LogP contribution is -2.50. The number of amides is 2. The number of hydrogen-bond donors (Lipinski definition) is 1. The van der Waals surface area contributed by atoms with E-state index in [1.807, 2.05) is 21.8 Å². The van der Waals surface area contributed by atoms with Gasteiger partial charge in [-0.05, 0) is 44.1 Å². The first-order chi connectivity index (χ1) is 12.1. The number of likely N-dealkylation sites (N-methyl/N-ethyl adjacent to an activating group) is 1. The summed E-state index contributed by atoms with van der Waals surface area (Å²) in [5, 5.41) is 7.26. The van der Waals surface area contributed by atoms with Crippen molar-refractivity contribution < 1.29 is 4.79 Å². The summed E-state index contributed by atoms with van der Waals surface area (Å²) in [4.78, 5) is 16.5. The van der Waals surface area contributed by atoms with Crippen LogP contribution in [0.15, 0.2) is 42.7 Å². The molecule has 0 spiro atoms. The Bertz CT molecular complexity index is 666. The van der Waals surface area contributed by atoms with Gasteiger partial charge in [0, 0.05) is 38.1 Å². The maximum Gasteiger partial charge on any atom is 0.317 e. The lowest BCUT2D eigenvalue weighted by Gasteiger charge is -2.36. The summed E-state index contributed by atoms with van der Waals surface area (Å²) in [6.45, 7) is 2.98. The van der Waals surface area contributed by atoms with E-state index >= 15 is 0 Å². The molecule has 1 atom stereocenters. The fourth-order valence-electron chi connectivity index (χ4n) is 3.19. The predicted octanol–water partition coefficient (Wildman–Crippen LogP) is 2.17. The van der Waals surface area contributed by atoms with Crippen LogP contribution in [0.25, 0.3) is 0 Å². The van der Waals surface area contributed by atoms with E-state index in [1.165, 1.54) is 5.56 Å². The van der Waals surface area contributed by atoms with E-state index in [-0.39, 0.29) is 6.03 Å². The zero-order valence-electron chi connectivity index (χ0n) is 15.1. The minimum Gasteiger partial charge on any atom is -0.334 e. The number of likely N-dealkylation sites (tertiary alicyclic amines) is 1. The zero-order chi connectivity index (χ0) is 17.6. The van der Waals surface area contributed by atoms with Gasteiger partial charge in [0.1, 0.15) is 0 Å². The number of carbonyl (C=O) groups is 1. The lowest BCUT2D eigenvalue weighted by molar-refractivity contribution is 0.140. The Morgan fingerprint density at radius 2 is 2.04 bits per heavy atom. The van der Waals surface area contributed by atoms with Crippen LogP contribution in [0, 0.1) is 0 Å². The topological polar surface area (TPSA) is 53.4 Å². The number of rotatable bonds is 5. The molecule has 3 rings (SSSR count). The molecular formula is C19H27N5O. The molecule has 1 aromatic heterocycles. The number of nitrogens with one attached hydrogen (secondary N) is 1. The second-order valence-corrected chi connectivity index (χ2v) is 6.88. The van der Waals surface area contributed by atoms with Gasteiger partial charge in [-0.25, -0.2) is 4.79 Å². The molecule has 6 heteroatoms. The highest BCUT2D eigenvalue weighted by Gasteiger charge is 2.24. The summed E-state index contributed by atoms with van der Waals surface area (Å²) < 4.78 is 1.90. The van der Waals surface area contributed by atoms with E-state index < -0.39 is 0 Å². The van der Waals surface area contributed by atoms with Crippen LogP contribution in [-0.2, 0) is 13.1 Å². The monoisotopic (exact) mass is 341 g/mol. The van der Waals surface area contributed by atoms with Crippen LogP contribution < -0.4 is 5.32 Å². The molecule has 2 amide bonds. The Labute approximate surface area is 149 Å². The average molecular weight is 341 g/mol. The minimum absolute atomic E-state index is 0.0344. The number of piperidine rings is 1.